The van der Waals surface area contributed by atoms with Crippen LogP contribution in [0.5, 0.6) is 0 Å². The molecule has 256 valence electrons. The van der Waals surface area contributed by atoms with Crippen LogP contribution in [0.2, 0.25) is 50.4 Å². The molecule has 1 aliphatic heterocycles. The van der Waals surface area contributed by atoms with Gasteiger partial charge in [0.2, 0.25) is 0 Å². The van der Waals surface area contributed by atoms with Gasteiger partial charge in [0, 0.05) is 0 Å². The summed E-state index contributed by atoms with van der Waals surface area (Å²) in [5, 5.41) is 0. The van der Waals surface area contributed by atoms with Crippen LogP contribution in [0.1, 0.15) is 44.5 Å². The zero-order valence-corrected chi connectivity index (χ0v) is 34.5. The van der Waals surface area contributed by atoms with E-state index >= 15 is 0 Å². The van der Waals surface area contributed by atoms with Gasteiger partial charge in [0.15, 0.2) is 0 Å². The van der Waals surface area contributed by atoms with Crippen LogP contribution in [0.15, 0.2) is 97.1 Å². The van der Waals surface area contributed by atoms with Crippen molar-refractivity contribution in [2.45, 2.75) is 104 Å². The molecule has 0 saturated carbocycles. The lowest BCUT2D eigenvalue weighted by Crippen LogP contribution is -2.67. The maximum atomic E-state index is 7.51. The molecule has 0 aliphatic carbocycles. The molecule has 4 aromatic rings. The lowest BCUT2D eigenvalue weighted by atomic mass is 10.1. The highest BCUT2D eigenvalue weighted by Crippen LogP contribution is 2.39. The van der Waals surface area contributed by atoms with Crippen molar-refractivity contribution in [2.24, 2.45) is 0 Å². The van der Waals surface area contributed by atoms with E-state index in [1.807, 2.05) is 0 Å². The maximum absolute atomic E-state index is 7.51. The van der Waals surface area contributed by atoms with Crippen molar-refractivity contribution in [3.8, 4) is 0 Å². The Morgan fingerprint density at radius 2 is 0.479 bits per heavy atom. The second kappa shape index (κ2) is 15.6. The fourth-order valence-electron chi connectivity index (χ4n) is 6.82. The molecule has 1 aliphatic rings. The second-order valence-electron chi connectivity index (χ2n) is 14.9. The summed E-state index contributed by atoms with van der Waals surface area (Å²) in [6, 6.07) is 39.2. The first-order valence-electron chi connectivity index (χ1n) is 17.7. The highest BCUT2D eigenvalue weighted by molar-refractivity contribution is 6.94. The van der Waals surface area contributed by atoms with Crippen molar-refractivity contribution in [2.75, 3.05) is 0 Å². The van der Waals surface area contributed by atoms with Crippen molar-refractivity contribution in [3.05, 3.63) is 142 Å². The van der Waals surface area contributed by atoms with Gasteiger partial charge < -0.3 is 16.5 Å². The maximum Gasteiger partial charge on any atom is 0.317 e. The largest absolute Gasteiger partial charge is 0.416 e. The minimum atomic E-state index is -2.74. The van der Waals surface area contributed by atoms with Crippen LogP contribution in [0.25, 0.3) is 0 Å². The number of rotatable bonds is 12. The fourth-order valence-corrected chi connectivity index (χ4v) is 29.8. The average Bonchev–Trinajstić information content (AvgIpc) is 3.03. The van der Waals surface area contributed by atoms with E-state index in [0.29, 0.717) is 0 Å². The predicted octanol–water partition coefficient (Wildman–Crippen LogP) is 10.6. The van der Waals surface area contributed by atoms with Crippen molar-refractivity contribution < 1.29 is 16.5 Å². The molecule has 4 nitrogen and oxygen atoms in total. The number of aryl methyl sites for hydroxylation is 8. The Bertz CT molecular complexity index is 1350. The Labute approximate surface area is 294 Å². The predicted molar refractivity (Wildman–Crippen MR) is 210 cm³/mol. The summed E-state index contributed by atoms with van der Waals surface area (Å²) >= 11 is 0. The second-order valence-corrected chi connectivity index (χ2v) is 29.2. The van der Waals surface area contributed by atoms with Gasteiger partial charge in [-0.1, -0.05) is 119 Å². The van der Waals surface area contributed by atoms with E-state index < -0.39 is 34.2 Å². The van der Waals surface area contributed by atoms with Gasteiger partial charge >= 0.3 is 34.2 Å². The monoisotopic (exact) mass is 712 g/mol. The Balaban J connectivity index is 1.46. The Hall–Kier alpha value is -2.41. The van der Waals surface area contributed by atoms with Crippen LogP contribution < -0.4 is 0 Å². The molecule has 5 rings (SSSR count). The lowest BCUT2D eigenvalue weighted by molar-refractivity contribution is 0.222. The molecule has 48 heavy (non-hydrogen) atoms. The molecule has 0 bridgehead atoms. The van der Waals surface area contributed by atoms with Crippen LogP contribution in [0.4, 0.5) is 0 Å². The van der Waals surface area contributed by atoms with E-state index in [1.165, 1.54) is 44.5 Å². The lowest BCUT2D eigenvalue weighted by Gasteiger charge is -2.50. The fraction of sp³-hybridized carbons (Fsp3) is 0.400. The van der Waals surface area contributed by atoms with Crippen molar-refractivity contribution >= 4 is 34.2 Å². The summed E-state index contributed by atoms with van der Waals surface area (Å²) in [5.41, 5.74) is 10.4. The minimum absolute atomic E-state index is 0.880. The first kappa shape index (κ1) is 36.9. The Morgan fingerprint density at radius 1 is 0.312 bits per heavy atom. The number of benzene rings is 4. The van der Waals surface area contributed by atoms with E-state index in [1.54, 1.807) is 0 Å². The van der Waals surface area contributed by atoms with Gasteiger partial charge in [0.05, 0.1) is 0 Å². The highest BCUT2D eigenvalue weighted by atomic mass is 28.5. The smallest absolute Gasteiger partial charge is 0.317 e. The normalized spacial score (nSPS) is 26.2. The number of hydrogen-bond acceptors (Lipinski definition) is 4. The number of hydrogen-bond donors (Lipinski definition) is 0. The van der Waals surface area contributed by atoms with E-state index in [2.05, 4.69) is 151 Å². The Morgan fingerprint density at radius 3 is 0.646 bits per heavy atom. The van der Waals surface area contributed by atoms with Gasteiger partial charge in [-0.05, 0) is 126 Å². The summed E-state index contributed by atoms with van der Waals surface area (Å²) in [6.07, 6.45) is 3.71. The quantitative estimate of drug-likeness (QED) is 0.137. The molecule has 4 aromatic carbocycles. The van der Waals surface area contributed by atoms with E-state index in [-0.39, 0.29) is 0 Å². The first-order chi connectivity index (χ1) is 22.7. The average molecular weight is 713 g/mol. The zero-order valence-electron chi connectivity index (χ0n) is 30.5. The van der Waals surface area contributed by atoms with Crippen molar-refractivity contribution in [3.63, 3.8) is 0 Å². The van der Waals surface area contributed by atoms with Gasteiger partial charge in [-0.2, -0.15) is 0 Å². The van der Waals surface area contributed by atoms with Crippen molar-refractivity contribution in [1.82, 2.24) is 0 Å². The van der Waals surface area contributed by atoms with Crippen LogP contribution in [0.3, 0.4) is 0 Å². The molecule has 0 unspecified atom stereocenters. The molecule has 8 heteroatoms. The van der Waals surface area contributed by atoms with Crippen molar-refractivity contribution in [1.29, 1.82) is 0 Å². The van der Waals surface area contributed by atoms with Crippen LogP contribution in [-0.4, -0.2) is 34.2 Å². The van der Waals surface area contributed by atoms with Crippen LogP contribution >= 0.6 is 0 Å². The highest BCUT2D eigenvalue weighted by Gasteiger charge is 2.56. The summed E-state index contributed by atoms with van der Waals surface area (Å²) in [6.45, 7) is 17.7. The third-order valence-corrected chi connectivity index (χ3v) is 28.1. The molecule has 1 saturated heterocycles. The van der Waals surface area contributed by atoms with Crippen LogP contribution in [0, 0.1) is 27.7 Å². The molecule has 0 spiro atoms. The summed E-state index contributed by atoms with van der Waals surface area (Å²) < 4.78 is 30.0. The molecule has 0 amide bonds. The summed E-state index contributed by atoms with van der Waals surface area (Å²) in [7, 11) is -11.0. The third kappa shape index (κ3) is 10.8. The molecule has 1 heterocycles. The molecule has 1 fully saturated rings. The molecule has 0 aromatic heterocycles. The van der Waals surface area contributed by atoms with Gasteiger partial charge in [0.1, 0.15) is 0 Å². The minimum Gasteiger partial charge on any atom is -0.416 e. The van der Waals surface area contributed by atoms with E-state index in [9.17, 15) is 0 Å². The van der Waals surface area contributed by atoms with E-state index in [4.69, 9.17) is 16.5 Å². The first-order valence-corrected chi connectivity index (χ1v) is 27.8. The van der Waals surface area contributed by atoms with Crippen LogP contribution in [-0.2, 0) is 42.1 Å². The molecule has 0 atom stereocenters. The summed E-state index contributed by atoms with van der Waals surface area (Å²) in [4.78, 5) is 0. The molecule has 0 N–H and O–H groups in total. The topological polar surface area (TPSA) is 36.9 Å². The van der Waals surface area contributed by atoms with Gasteiger partial charge in [0.25, 0.3) is 0 Å². The van der Waals surface area contributed by atoms with Gasteiger partial charge in [-0.3, -0.25) is 0 Å². The summed E-state index contributed by atoms with van der Waals surface area (Å²) in [5.74, 6) is 0. The van der Waals surface area contributed by atoms with Gasteiger partial charge in [-0.25, -0.2) is 0 Å². The van der Waals surface area contributed by atoms with E-state index in [0.717, 1.165) is 49.9 Å². The standard InChI is InChI=1S/C40H56O4Si4/c1-33-9-17-37(18-10-33)25-29-45(5)41-46(6,30-26-38-19-11-34(2)12-20-38)43-48(8,32-28-40-23-15-36(4)16-24-40)44-47(7,42-45)31-27-39-21-13-35(3)14-22-39/h9-24H,25-32H2,1-8H3. The molecular formula is C40H56O4Si4. The molecular weight excluding hydrogens is 657 g/mol. The molecule has 0 radical (unpaired) electrons. The van der Waals surface area contributed by atoms with Gasteiger partial charge in [-0.15, -0.1) is 0 Å². The SMILES string of the molecule is Cc1ccc(CC[Si]2(C)O[Si](C)(CCc3ccc(C)cc3)O[Si](C)(CCc3ccc(C)cc3)O[Si](C)(CCc3ccc(C)cc3)O2)cc1. The zero-order chi connectivity index (χ0) is 34.4. The Kier molecular flexibility index (Phi) is 12.0. The third-order valence-electron chi connectivity index (χ3n) is 9.68.